The SMILES string of the molecule is CC1(C)CN(c2cc(C#N)ccc2[N+](=O)[O-])CCC1N. The molecule has 2 rings (SSSR count). The number of anilines is 1. The molecule has 0 aromatic heterocycles. The van der Waals surface area contributed by atoms with Gasteiger partial charge in [-0.25, -0.2) is 0 Å². The molecule has 0 amide bonds. The fourth-order valence-electron chi connectivity index (χ4n) is 2.58. The summed E-state index contributed by atoms with van der Waals surface area (Å²) >= 11 is 0. The molecule has 1 aromatic carbocycles. The number of nitrogens with two attached hydrogens (primary N) is 1. The zero-order valence-electron chi connectivity index (χ0n) is 11.7. The summed E-state index contributed by atoms with van der Waals surface area (Å²) in [5, 5.41) is 20.1. The maximum Gasteiger partial charge on any atom is 0.292 e. The normalized spacial score (nSPS) is 21.3. The van der Waals surface area contributed by atoms with Crippen molar-refractivity contribution in [2.45, 2.75) is 26.3 Å². The first-order valence-corrected chi connectivity index (χ1v) is 6.54. The van der Waals surface area contributed by atoms with Gasteiger partial charge < -0.3 is 10.6 Å². The first kappa shape index (κ1) is 14.3. The molecule has 2 N–H and O–H groups in total. The maximum atomic E-state index is 11.2. The van der Waals surface area contributed by atoms with Crippen LogP contribution in [0.3, 0.4) is 0 Å². The molecule has 1 saturated heterocycles. The Morgan fingerprint density at radius 2 is 2.25 bits per heavy atom. The number of nitriles is 1. The molecule has 20 heavy (non-hydrogen) atoms. The van der Waals surface area contributed by atoms with Gasteiger partial charge in [0.2, 0.25) is 0 Å². The van der Waals surface area contributed by atoms with Gasteiger partial charge in [-0.3, -0.25) is 10.1 Å². The third-order valence-corrected chi connectivity index (χ3v) is 3.95. The zero-order valence-corrected chi connectivity index (χ0v) is 11.7. The average molecular weight is 274 g/mol. The summed E-state index contributed by atoms with van der Waals surface area (Å²) in [4.78, 5) is 12.7. The standard InChI is InChI=1S/C14H18N4O2/c1-14(2)9-17(6-5-13(14)16)12-7-10(8-15)3-4-11(12)18(19)20/h3-4,7,13H,5-6,9,16H2,1-2H3. The van der Waals surface area contributed by atoms with Gasteiger partial charge in [0.25, 0.3) is 5.69 Å². The van der Waals surface area contributed by atoms with E-state index in [1.165, 1.54) is 12.1 Å². The molecule has 1 atom stereocenters. The molecular formula is C14H18N4O2. The lowest BCUT2D eigenvalue weighted by Crippen LogP contribution is -2.52. The van der Waals surface area contributed by atoms with Gasteiger partial charge in [0.15, 0.2) is 0 Å². The Morgan fingerprint density at radius 3 is 2.80 bits per heavy atom. The third-order valence-electron chi connectivity index (χ3n) is 3.95. The van der Waals surface area contributed by atoms with E-state index in [1.807, 2.05) is 11.0 Å². The fraction of sp³-hybridized carbons (Fsp3) is 0.500. The van der Waals surface area contributed by atoms with Crippen molar-refractivity contribution in [1.29, 1.82) is 5.26 Å². The van der Waals surface area contributed by atoms with E-state index in [0.29, 0.717) is 24.3 Å². The smallest absolute Gasteiger partial charge is 0.292 e. The molecule has 1 unspecified atom stereocenters. The van der Waals surface area contributed by atoms with Crippen molar-refractivity contribution in [2.24, 2.45) is 11.1 Å². The van der Waals surface area contributed by atoms with Crippen molar-refractivity contribution in [2.75, 3.05) is 18.0 Å². The highest BCUT2D eigenvalue weighted by molar-refractivity contribution is 5.66. The molecule has 6 heteroatoms. The highest BCUT2D eigenvalue weighted by Gasteiger charge is 2.35. The second-order valence-electron chi connectivity index (χ2n) is 5.88. The van der Waals surface area contributed by atoms with Crippen molar-refractivity contribution in [1.82, 2.24) is 0 Å². The fourth-order valence-corrected chi connectivity index (χ4v) is 2.58. The molecule has 1 aliphatic heterocycles. The predicted molar refractivity (Wildman–Crippen MR) is 76.4 cm³/mol. The molecule has 1 fully saturated rings. The van der Waals surface area contributed by atoms with Gasteiger partial charge in [-0.05, 0) is 24.0 Å². The lowest BCUT2D eigenvalue weighted by Gasteiger charge is -2.43. The van der Waals surface area contributed by atoms with Crippen molar-refractivity contribution >= 4 is 11.4 Å². The largest absolute Gasteiger partial charge is 0.365 e. The molecular weight excluding hydrogens is 256 g/mol. The lowest BCUT2D eigenvalue weighted by molar-refractivity contribution is -0.384. The van der Waals surface area contributed by atoms with E-state index in [4.69, 9.17) is 11.0 Å². The monoisotopic (exact) mass is 274 g/mol. The van der Waals surface area contributed by atoms with E-state index in [2.05, 4.69) is 13.8 Å². The Balaban J connectivity index is 2.41. The third kappa shape index (κ3) is 2.58. The van der Waals surface area contributed by atoms with E-state index >= 15 is 0 Å². The first-order valence-electron chi connectivity index (χ1n) is 6.54. The summed E-state index contributed by atoms with van der Waals surface area (Å²) in [6.07, 6.45) is 0.779. The van der Waals surface area contributed by atoms with Gasteiger partial charge in [0.05, 0.1) is 16.6 Å². The molecule has 0 bridgehead atoms. The minimum Gasteiger partial charge on any atom is -0.365 e. The molecule has 0 spiro atoms. The summed E-state index contributed by atoms with van der Waals surface area (Å²) in [6.45, 7) is 5.43. The van der Waals surface area contributed by atoms with E-state index in [1.54, 1.807) is 6.07 Å². The Morgan fingerprint density at radius 1 is 1.55 bits per heavy atom. The van der Waals surface area contributed by atoms with Crippen LogP contribution < -0.4 is 10.6 Å². The Bertz CT molecular complexity index is 577. The van der Waals surface area contributed by atoms with Crippen LogP contribution in [-0.2, 0) is 0 Å². The lowest BCUT2D eigenvalue weighted by atomic mass is 9.79. The van der Waals surface area contributed by atoms with E-state index in [-0.39, 0.29) is 17.1 Å². The van der Waals surface area contributed by atoms with Crippen molar-refractivity contribution < 1.29 is 4.92 Å². The van der Waals surface area contributed by atoms with Gasteiger partial charge in [-0.2, -0.15) is 5.26 Å². The van der Waals surface area contributed by atoms with Gasteiger partial charge in [0.1, 0.15) is 5.69 Å². The Hall–Kier alpha value is -2.13. The number of nitro groups is 1. The number of hydrogen-bond acceptors (Lipinski definition) is 5. The second-order valence-corrected chi connectivity index (χ2v) is 5.88. The molecule has 0 saturated carbocycles. The number of benzene rings is 1. The van der Waals surface area contributed by atoms with Gasteiger partial charge in [0, 0.05) is 25.2 Å². The summed E-state index contributed by atoms with van der Waals surface area (Å²) in [5.41, 5.74) is 6.95. The predicted octanol–water partition coefficient (Wildman–Crippen LogP) is 2.03. The van der Waals surface area contributed by atoms with Crippen LogP contribution in [0.4, 0.5) is 11.4 Å². The summed E-state index contributed by atoms with van der Waals surface area (Å²) in [6, 6.07) is 6.57. The van der Waals surface area contributed by atoms with Crippen LogP contribution in [0.2, 0.25) is 0 Å². The molecule has 1 heterocycles. The summed E-state index contributed by atoms with van der Waals surface area (Å²) in [5.74, 6) is 0. The van der Waals surface area contributed by atoms with Crippen LogP contribution in [0.1, 0.15) is 25.8 Å². The molecule has 6 nitrogen and oxygen atoms in total. The highest BCUT2D eigenvalue weighted by Crippen LogP contribution is 2.35. The van der Waals surface area contributed by atoms with E-state index in [0.717, 1.165) is 6.42 Å². The first-order chi connectivity index (χ1) is 9.35. The van der Waals surface area contributed by atoms with Crippen LogP contribution in [0, 0.1) is 26.9 Å². The number of piperidine rings is 1. The van der Waals surface area contributed by atoms with Gasteiger partial charge >= 0.3 is 0 Å². The maximum absolute atomic E-state index is 11.2. The average Bonchev–Trinajstić information content (AvgIpc) is 2.41. The molecule has 0 radical (unpaired) electrons. The minimum absolute atomic E-state index is 0.0373. The highest BCUT2D eigenvalue weighted by atomic mass is 16.6. The van der Waals surface area contributed by atoms with Crippen LogP contribution in [-0.4, -0.2) is 24.1 Å². The molecule has 1 aliphatic rings. The molecule has 1 aromatic rings. The summed E-state index contributed by atoms with van der Waals surface area (Å²) < 4.78 is 0. The van der Waals surface area contributed by atoms with Crippen LogP contribution in [0.25, 0.3) is 0 Å². The number of nitrogens with zero attached hydrogens (tertiary/aromatic N) is 3. The number of rotatable bonds is 2. The quantitative estimate of drug-likeness (QED) is 0.657. The van der Waals surface area contributed by atoms with Crippen molar-refractivity contribution in [3.05, 3.63) is 33.9 Å². The Labute approximate surface area is 117 Å². The Kier molecular flexibility index (Phi) is 3.64. The number of hydrogen-bond donors (Lipinski definition) is 1. The van der Waals surface area contributed by atoms with Crippen molar-refractivity contribution in [3.8, 4) is 6.07 Å². The minimum atomic E-state index is -0.405. The topological polar surface area (TPSA) is 96.2 Å². The van der Waals surface area contributed by atoms with Gasteiger partial charge in [-0.15, -0.1) is 0 Å². The van der Waals surface area contributed by atoms with E-state index < -0.39 is 4.92 Å². The second kappa shape index (κ2) is 5.10. The van der Waals surface area contributed by atoms with Crippen LogP contribution >= 0.6 is 0 Å². The molecule has 106 valence electrons. The summed E-state index contributed by atoms with van der Waals surface area (Å²) in [7, 11) is 0. The zero-order chi connectivity index (χ0) is 14.9. The molecule has 0 aliphatic carbocycles. The number of nitro benzene ring substituents is 1. The van der Waals surface area contributed by atoms with Crippen LogP contribution in [0.15, 0.2) is 18.2 Å². The van der Waals surface area contributed by atoms with Gasteiger partial charge in [-0.1, -0.05) is 13.8 Å². The van der Waals surface area contributed by atoms with Crippen LogP contribution in [0.5, 0.6) is 0 Å². The van der Waals surface area contributed by atoms with E-state index in [9.17, 15) is 10.1 Å². The van der Waals surface area contributed by atoms with Crippen molar-refractivity contribution in [3.63, 3.8) is 0 Å².